The summed E-state index contributed by atoms with van der Waals surface area (Å²) in [6.45, 7) is 0. The molecule has 0 fully saturated rings. The SMILES string of the molecule is Ic1cc2c3c(cccc3c1)CC2. The fraction of sp³-hybridized carbons (Fsp3) is 0.167. The molecule has 0 unspecified atom stereocenters. The second kappa shape index (κ2) is 2.71. The number of halogens is 1. The predicted octanol–water partition coefficient (Wildman–Crippen LogP) is 3.54. The van der Waals surface area contributed by atoms with Gasteiger partial charge in [0, 0.05) is 3.57 Å². The second-order valence-electron chi connectivity index (χ2n) is 3.58. The van der Waals surface area contributed by atoms with Crippen LogP contribution in [0.4, 0.5) is 0 Å². The normalized spacial score (nSPS) is 13.9. The van der Waals surface area contributed by atoms with Crippen LogP contribution < -0.4 is 0 Å². The second-order valence-corrected chi connectivity index (χ2v) is 4.83. The molecule has 0 atom stereocenters. The van der Waals surface area contributed by atoms with Crippen molar-refractivity contribution in [3.05, 3.63) is 45.0 Å². The number of rotatable bonds is 0. The van der Waals surface area contributed by atoms with Gasteiger partial charge in [-0.15, -0.1) is 0 Å². The smallest absolute Gasteiger partial charge is 0.0139 e. The highest BCUT2D eigenvalue weighted by Crippen LogP contribution is 2.31. The Labute approximate surface area is 91.1 Å². The first-order valence-electron chi connectivity index (χ1n) is 4.54. The maximum atomic E-state index is 2.40. The molecule has 64 valence electrons. The molecule has 2 aromatic rings. The Bertz CT molecular complexity index is 486. The lowest BCUT2D eigenvalue weighted by atomic mass is 10.1. The van der Waals surface area contributed by atoms with Crippen LogP contribution in [0.3, 0.4) is 0 Å². The Hall–Kier alpha value is -0.570. The van der Waals surface area contributed by atoms with Gasteiger partial charge in [0.1, 0.15) is 0 Å². The summed E-state index contributed by atoms with van der Waals surface area (Å²) in [7, 11) is 0. The summed E-state index contributed by atoms with van der Waals surface area (Å²) in [4.78, 5) is 0. The number of hydrogen-bond acceptors (Lipinski definition) is 0. The predicted molar refractivity (Wildman–Crippen MR) is 64.1 cm³/mol. The molecule has 1 aliphatic carbocycles. The van der Waals surface area contributed by atoms with Crippen LogP contribution in [0, 0.1) is 3.57 Å². The zero-order valence-corrected chi connectivity index (χ0v) is 9.34. The molecule has 13 heavy (non-hydrogen) atoms. The highest BCUT2D eigenvalue weighted by molar-refractivity contribution is 14.1. The van der Waals surface area contributed by atoms with Gasteiger partial charge in [-0.1, -0.05) is 18.2 Å². The highest BCUT2D eigenvalue weighted by atomic mass is 127. The first kappa shape index (κ1) is 7.80. The fourth-order valence-electron chi connectivity index (χ4n) is 2.24. The van der Waals surface area contributed by atoms with E-state index in [1.807, 2.05) is 0 Å². The lowest BCUT2D eigenvalue weighted by Gasteiger charge is -2.01. The average Bonchev–Trinajstić information content (AvgIpc) is 2.50. The van der Waals surface area contributed by atoms with E-state index in [-0.39, 0.29) is 0 Å². The first-order valence-corrected chi connectivity index (χ1v) is 5.62. The van der Waals surface area contributed by atoms with E-state index < -0.39 is 0 Å². The van der Waals surface area contributed by atoms with Crippen LogP contribution in [0.1, 0.15) is 11.1 Å². The molecule has 0 aliphatic heterocycles. The molecule has 0 spiro atoms. The van der Waals surface area contributed by atoms with Crippen LogP contribution in [-0.2, 0) is 12.8 Å². The summed E-state index contributed by atoms with van der Waals surface area (Å²) in [6.07, 6.45) is 2.46. The summed E-state index contributed by atoms with van der Waals surface area (Å²) in [5.41, 5.74) is 3.07. The fourth-order valence-corrected chi connectivity index (χ4v) is 2.95. The third kappa shape index (κ3) is 1.10. The minimum atomic E-state index is 1.23. The van der Waals surface area contributed by atoms with Gasteiger partial charge in [0.2, 0.25) is 0 Å². The van der Waals surface area contributed by atoms with Gasteiger partial charge < -0.3 is 0 Å². The van der Waals surface area contributed by atoms with Gasteiger partial charge in [-0.05, 0) is 69.5 Å². The topological polar surface area (TPSA) is 0 Å². The van der Waals surface area contributed by atoms with Crippen molar-refractivity contribution in [3.63, 3.8) is 0 Å². The summed E-state index contributed by atoms with van der Waals surface area (Å²) >= 11 is 2.40. The van der Waals surface area contributed by atoms with Crippen molar-refractivity contribution < 1.29 is 0 Å². The van der Waals surface area contributed by atoms with Gasteiger partial charge >= 0.3 is 0 Å². The third-order valence-electron chi connectivity index (χ3n) is 2.77. The molecule has 0 bridgehead atoms. The third-order valence-corrected chi connectivity index (χ3v) is 3.40. The van der Waals surface area contributed by atoms with Crippen molar-refractivity contribution in [2.24, 2.45) is 0 Å². The minimum Gasteiger partial charge on any atom is -0.0614 e. The monoisotopic (exact) mass is 280 g/mol. The van der Waals surface area contributed by atoms with E-state index >= 15 is 0 Å². The summed E-state index contributed by atoms with van der Waals surface area (Å²) in [5, 5.41) is 2.93. The standard InChI is InChI=1S/C12H9I/c13-11-6-9-3-1-2-8-4-5-10(7-11)12(8)9/h1-3,6-7H,4-5H2. The molecule has 1 aliphatic rings. The molecule has 2 aromatic carbocycles. The lowest BCUT2D eigenvalue weighted by Crippen LogP contribution is -1.80. The van der Waals surface area contributed by atoms with E-state index in [0.29, 0.717) is 0 Å². The molecule has 0 N–H and O–H groups in total. The molecule has 1 heteroatoms. The van der Waals surface area contributed by atoms with Crippen molar-refractivity contribution in [2.45, 2.75) is 12.8 Å². The minimum absolute atomic E-state index is 1.23. The molecule has 0 saturated carbocycles. The van der Waals surface area contributed by atoms with Crippen LogP contribution in [0.15, 0.2) is 30.3 Å². The van der Waals surface area contributed by atoms with Crippen molar-refractivity contribution in [3.8, 4) is 0 Å². The van der Waals surface area contributed by atoms with Gasteiger partial charge in [-0.2, -0.15) is 0 Å². The van der Waals surface area contributed by atoms with E-state index in [1.54, 1.807) is 0 Å². The van der Waals surface area contributed by atoms with E-state index in [2.05, 4.69) is 52.9 Å². The Morgan fingerprint density at radius 3 is 2.77 bits per heavy atom. The maximum absolute atomic E-state index is 2.40. The Morgan fingerprint density at radius 1 is 1.00 bits per heavy atom. The number of hydrogen-bond donors (Lipinski definition) is 0. The quantitative estimate of drug-likeness (QED) is 0.647. The molecular formula is C12H9I. The first-order chi connectivity index (χ1) is 6.34. The lowest BCUT2D eigenvalue weighted by molar-refractivity contribution is 1.02. The van der Waals surface area contributed by atoms with E-state index in [1.165, 1.54) is 38.3 Å². The van der Waals surface area contributed by atoms with Crippen molar-refractivity contribution >= 4 is 33.4 Å². The zero-order chi connectivity index (χ0) is 8.84. The molecule has 0 aromatic heterocycles. The molecule has 0 nitrogen and oxygen atoms in total. The Balaban J connectivity index is 2.54. The molecule has 0 radical (unpaired) electrons. The summed E-state index contributed by atoms with van der Waals surface area (Å²) in [6, 6.07) is 11.2. The molecule has 0 amide bonds. The molecule has 0 heterocycles. The van der Waals surface area contributed by atoms with Crippen molar-refractivity contribution in [1.29, 1.82) is 0 Å². The van der Waals surface area contributed by atoms with E-state index in [4.69, 9.17) is 0 Å². The number of benzene rings is 2. The maximum Gasteiger partial charge on any atom is 0.0139 e. The van der Waals surface area contributed by atoms with Gasteiger partial charge in [0.05, 0.1) is 0 Å². The summed E-state index contributed by atoms with van der Waals surface area (Å²) in [5.74, 6) is 0. The van der Waals surface area contributed by atoms with Gasteiger partial charge in [-0.3, -0.25) is 0 Å². The largest absolute Gasteiger partial charge is 0.0614 e. The van der Waals surface area contributed by atoms with Crippen LogP contribution in [0.2, 0.25) is 0 Å². The zero-order valence-electron chi connectivity index (χ0n) is 7.18. The van der Waals surface area contributed by atoms with Crippen LogP contribution >= 0.6 is 22.6 Å². The number of aryl methyl sites for hydroxylation is 2. The van der Waals surface area contributed by atoms with Crippen molar-refractivity contribution in [1.82, 2.24) is 0 Å². The molecular weight excluding hydrogens is 271 g/mol. The van der Waals surface area contributed by atoms with E-state index in [0.717, 1.165) is 0 Å². The van der Waals surface area contributed by atoms with E-state index in [9.17, 15) is 0 Å². The summed E-state index contributed by atoms with van der Waals surface area (Å²) < 4.78 is 1.36. The Kier molecular flexibility index (Phi) is 1.62. The average molecular weight is 280 g/mol. The molecule has 3 rings (SSSR count). The van der Waals surface area contributed by atoms with Gasteiger partial charge in [0.15, 0.2) is 0 Å². The van der Waals surface area contributed by atoms with Crippen LogP contribution in [0.5, 0.6) is 0 Å². The Morgan fingerprint density at radius 2 is 1.85 bits per heavy atom. The van der Waals surface area contributed by atoms with Crippen molar-refractivity contribution in [2.75, 3.05) is 0 Å². The molecule has 0 saturated heterocycles. The highest BCUT2D eigenvalue weighted by Gasteiger charge is 2.13. The van der Waals surface area contributed by atoms with Gasteiger partial charge in [0.25, 0.3) is 0 Å². The van der Waals surface area contributed by atoms with Crippen LogP contribution in [0.25, 0.3) is 10.8 Å². The van der Waals surface area contributed by atoms with Gasteiger partial charge in [-0.25, -0.2) is 0 Å². The van der Waals surface area contributed by atoms with Crippen LogP contribution in [-0.4, -0.2) is 0 Å².